The van der Waals surface area contributed by atoms with Crippen LogP contribution in [-0.2, 0) is 17.6 Å². The molecule has 2 aromatic rings. The molecule has 0 spiro atoms. The second-order valence-corrected chi connectivity index (χ2v) is 7.18. The van der Waals surface area contributed by atoms with E-state index in [0.29, 0.717) is 24.6 Å². The summed E-state index contributed by atoms with van der Waals surface area (Å²) in [5, 5.41) is 3.55. The molecule has 144 valence electrons. The Labute approximate surface area is 165 Å². The van der Waals surface area contributed by atoms with Gasteiger partial charge in [-0.25, -0.2) is 0 Å². The number of nitrogens with one attached hydrogen (secondary N) is 1. The summed E-state index contributed by atoms with van der Waals surface area (Å²) in [5.74, 6) is 1.39. The Bertz CT molecular complexity index is 761. The zero-order chi connectivity index (χ0) is 19.1. The number of rotatable bonds is 8. The topological polar surface area (TPSA) is 47.6 Å². The molecule has 5 heteroatoms. The second kappa shape index (κ2) is 9.65. The minimum atomic E-state index is -0.498. The van der Waals surface area contributed by atoms with E-state index >= 15 is 0 Å². The first-order chi connectivity index (χ1) is 13.2. The number of amides is 1. The van der Waals surface area contributed by atoms with E-state index in [0.717, 1.165) is 24.3 Å². The number of ether oxygens (including phenoxy) is 2. The van der Waals surface area contributed by atoms with E-state index in [9.17, 15) is 4.79 Å². The lowest BCUT2D eigenvalue weighted by Crippen LogP contribution is -2.39. The zero-order valence-corrected chi connectivity index (χ0v) is 16.4. The van der Waals surface area contributed by atoms with Crippen molar-refractivity contribution < 1.29 is 14.3 Å². The molecule has 1 aliphatic carbocycles. The molecule has 0 unspecified atom stereocenters. The molecule has 0 heterocycles. The predicted molar refractivity (Wildman–Crippen MR) is 108 cm³/mol. The Kier molecular flexibility index (Phi) is 6.99. The number of carbonyl (C=O) groups excluding carboxylic acids is 1. The number of halogens is 1. The fraction of sp³-hybridized carbons (Fsp3) is 0.409. The van der Waals surface area contributed by atoms with E-state index in [-0.39, 0.29) is 5.91 Å². The number of hydrogen-bond donors (Lipinski definition) is 1. The van der Waals surface area contributed by atoms with Crippen LogP contribution >= 0.6 is 11.6 Å². The van der Waals surface area contributed by atoms with E-state index in [1.165, 1.54) is 24.0 Å². The summed E-state index contributed by atoms with van der Waals surface area (Å²) in [6, 6.07) is 13.4. The molecule has 0 saturated heterocycles. The highest BCUT2D eigenvalue weighted by Gasteiger charge is 2.19. The van der Waals surface area contributed by atoms with Gasteiger partial charge in [-0.2, -0.15) is 0 Å². The van der Waals surface area contributed by atoms with Crippen molar-refractivity contribution in [3.8, 4) is 11.5 Å². The van der Waals surface area contributed by atoms with E-state index in [1.807, 2.05) is 13.0 Å². The Morgan fingerprint density at radius 2 is 1.78 bits per heavy atom. The van der Waals surface area contributed by atoms with Crippen LogP contribution in [0.2, 0.25) is 5.02 Å². The molecule has 2 aromatic carbocycles. The maximum atomic E-state index is 12.4. The average Bonchev–Trinajstić information content (AvgIpc) is 2.70. The molecule has 1 atom stereocenters. The number of aryl methyl sites for hydroxylation is 2. The highest BCUT2D eigenvalue weighted by Crippen LogP contribution is 2.26. The van der Waals surface area contributed by atoms with Crippen LogP contribution in [0.15, 0.2) is 42.5 Å². The van der Waals surface area contributed by atoms with Crippen molar-refractivity contribution in [1.29, 1.82) is 0 Å². The molecule has 0 bridgehead atoms. The first-order valence-corrected chi connectivity index (χ1v) is 9.98. The summed E-state index contributed by atoms with van der Waals surface area (Å²) in [6.07, 6.45) is 4.83. The zero-order valence-electron chi connectivity index (χ0n) is 15.7. The van der Waals surface area contributed by atoms with Gasteiger partial charge in [-0.05, 0) is 79.6 Å². The van der Waals surface area contributed by atoms with Crippen molar-refractivity contribution in [3.05, 3.63) is 58.6 Å². The molecule has 3 rings (SSSR count). The molecule has 4 nitrogen and oxygen atoms in total. The van der Waals surface area contributed by atoms with Crippen LogP contribution in [0.4, 0.5) is 0 Å². The Balaban J connectivity index is 1.46. The Morgan fingerprint density at radius 1 is 1.07 bits per heavy atom. The molecule has 1 N–H and O–H groups in total. The van der Waals surface area contributed by atoms with Crippen molar-refractivity contribution in [3.63, 3.8) is 0 Å². The summed E-state index contributed by atoms with van der Waals surface area (Å²) in [4.78, 5) is 12.4. The largest absolute Gasteiger partial charge is 0.492 e. The number of benzene rings is 2. The van der Waals surface area contributed by atoms with Gasteiger partial charge >= 0.3 is 0 Å². The van der Waals surface area contributed by atoms with Gasteiger partial charge in [0.05, 0.1) is 6.54 Å². The summed E-state index contributed by atoms with van der Waals surface area (Å²) >= 11 is 5.84. The van der Waals surface area contributed by atoms with Crippen LogP contribution in [0, 0.1) is 0 Å². The van der Waals surface area contributed by atoms with Gasteiger partial charge in [-0.3, -0.25) is 4.79 Å². The van der Waals surface area contributed by atoms with Crippen LogP contribution < -0.4 is 14.8 Å². The van der Waals surface area contributed by atoms with E-state index < -0.39 is 6.10 Å². The summed E-state index contributed by atoms with van der Waals surface area (Å²) < 4.78 is 11.5. The van der Waals surface area contributed by atoms with Crippen molar-refractivity contribution in [2.24, 2.45) is 0 Å². The molecule has 0 aliphatic heterocycles. The van der Waals surface area contributed by atoms with Crippen LogP contribution in [0.1, 0.15) is 37.3 Å². The third-order valence-electron chi connectivity index (χ3n) is 4.75. The van der Waals surface area contributed by atoms with Crippen LogP contribution in [-0.4, -0.2) is 25.2 Å². The van der Waals surface area contributed by atoms with E-state index in [2.05, 4.69) is 17.4 Å². The normalized spacial score (nSPS) is 14.1. The van der Waals surface area contributed by atoms with Gasteiger partial charge in [0.25, 0.3) is 5.91 Å². The number of carbonyl (C=O) groups is 1. The summed E-state index contributed by atoms with van der Waals surface area (Å²) in [7, 11) is 0. The van der Waals surface area contributed by atoms with Crippen molar-refractivity contribution in [2.75, 3.05) is 13.2 Å². The third-order valence-corrected chi connectivity index (χ3v) is 5.00. The van der Waals surface area contributed by atoms with Gasteiger partial charge in [0.1, 0.15) is 18.1 Å². The summed E-state index contributed by atoms with van der Waals surface area (Å²) in [6.45, 7) is 2.76. The van der Waals surface area contributed by atoms with E-state index in [1.54, 1.807) is 24.3 Å². The third kappa shape index (κ3) is 5.64. The van der Waals surface area contributed by atoms with Crippen molar-refractivity contribution in [2.45, 2.75) is 45.1 Å². The number of fused-ring (bicyclic) bond motifs is 1. The highest BCUT2D eigenvalue weighted by atomic mass is 35.5. The molecule has 0 fully saturated rings. The molecule has 0 saturated carbocycles. The molecular formula is C22H26ClNO3. The summed E-state index contributed by atoms with van der Waals surface area (Å²) in [5.41, 5.74) is 2.76. The molecule has 1 aliphatic rings. The molecule has 0 aromatic heterocycles. The SMILES string of the molecule is CC[C@@H](Oc1ccc2c(c1)CCCC2)C(=O)NCCOc1ccc(Cl)cc1. The predicted octanol–water partition coefficient (Wildman–Crippen LogP) is 4.57. The van der Waals surface area contributed by atoms with Gasteiger partial charge in [-0.15, -0.1) is 0 Å². The first kappa shape index (κ1) is 19.6. The number of hydrogen-bond acceptors (Lipinski definition) is 3. The lowest BCUT2D eigenvalue weighted by Gasteiger charge is -2.20. The van der Waals surface area contributed by atoms with Gasteiger partial charge in [0, 0.05) is 5.02 Å². The van der Waals surface area contributed by atoms with E-state index in [4.69, 9.17) is 21.1 Å². The Morgan fingerprint density at radius 3 is 2.52 bits per heavy atom. The maximum Gasteiger partial charge on any atom is 0.261 e. The standard InChI is InChI=1S/C22H26ClNO3/c1-2-21(27-20-10-7-16-5-3-4-6-17(16)15-20)22(25)24-13-14-26-19-11-8-18(23)9-12-19/h7-12,15,21H,2-6,13-14H2,1H3,(H,24,25)/t21-/m1/s1. The molecule has 27 heavy (non-hydrogen) atoms. The monoisotopic (exact) mass is 387 g/mol. The Hall–Kier alpha value is -2.20. The fourth-order valence-corrected chi connectivity index (χ4v) is 3.38. The van der Waals surface area contributed by atoms with Crippen LogP contribution in [0.3, 0.4) is 0 Å². The maximum absolute atomic E-state index is 12.4. The van der Waals surface area contributed by atoms with Gasteiger partial charge < -0.3 is 14.8 Å². The van der Waals surface area contributed by atoms with Crippen LogP contribution in [0.25, 0.3) is 0 Å². The molecule has 0 radical (unpaired) electrons. The second-order valence-electron chi connectivity index (χ2n) is 6.75. The molecular weight excluding hydrogens is 362 g/mol. The first-order valence-electron chi connectivity index (χ1n) is 9.60. The van der Waals surface area contributed by atoms with Crippen LogP contribution in [0.5, 0.6) is 11.5 Å². The minimum absolute atomic E-state index is 0.116. The lowest BCUT2D eigenvalue weighted by atomic mass is 9.92. The van der Waals surface area contributed by atoms with Gasteiger partial charge in [0.2, 0.25) is 0 Å². The van der Waals surface area contributed by atoms with Gasteiger partial charge in [-0.1, -0.05) is 24.6 Å². The molecule has 1 amide bonds. The smallest absolute Gasteiger partial charge is 0.261 e. The lowest BCUT2D eigenvalue weighted by molar-refractivity contribution is -0.128. The minimum Gasteiger partial charge on any atom is -0.492 e. The average molecular weight is 388 g/mol. The fourth-order valence-electron chi connectivity index (χ4n) is 3.26. The quantitative estimate of drug-likeness (QED) is 0.675. The highest BCUT2D eigenvalue weighted by molar-refractivity contribution is 6.30. The van der Waals surface area contributed by atoms with Crippen molar-refractivity contribution in [1.82, 2.24) is 5.32 Å². The van der Waals surface area contributed by atoms with Gasteiger partial charge in [0.15, 0.2) is 6.10 Å². The van der Waals surface area contributed by atoms with Crippen molar-refractivity contribution >= 4 is 17.5 Å².